The lowest BCUT2D eigenvalue weighted by molar-refractivity contribution is 0.562. The Morgan fingerprint density at radius 2 is 2.17 bits per heavy atom. The maximum Gasteiger partial charge on any atom is 0.242 e. The van der Waals surface area contributed by atoms with Crippen molar-refractivity contribution in [3.63, 3.8) is 0 Å². The number of hydrogen-bond acceptors (Lipinski definition) is 4. The minimum absolute atomic E-state index is 0. The molecule has 18 heavy (non-hydrogen) atoms. The lowest BCUT2D eigenvalue weighted by atomic mass is 10.2. The largest absolute Gasteiger partial charge is 0.329 e. The molecule has 0 aliphatic rings. The molecule has 0 fully saturated rings. The molecular formula is C10H13Cl2N3O2S. The summed E-state index contributed by atoms with van der Waals surface area (Å²) in [6, 6.07) is 5.64. The van der Waals surface area contributed by atoms with E-state index < -0.39 is 16.1 Å². The number of halogens is 2. The van der Waals surface area contributed by atoms with Crippen LogP contribution in [-0.2, 0) is 10.0 Å². The van der Waals surface area contributed by atoms with Crippen molar-refractivity contribution in [2.45, 2.75) is 17.9 Å². The van der Waals surface area contributed by atoms with E-state index in [1.54, 1.807) is 13.0 Å². The molecule has 0 aliphatic carbocycles. The first-order valence-corrected chi connectivity index (χ1v) is 6.69. The number of nitriles is 1. The van der Waals surface area contributed by atoms with Crippen LogP contribution in [0.4, 0.5) is 0 Å². The maximum atomic E-state index is 12.0. The summed E-state index contributed by atoms with van der Waals surface area (Å²) in [5.41, 5.74) is 5.28. The summed E-state index contributed by atoms with van der Waals surface area (Å²) in [7, 11) is -3.77. The van der Waals surface area contributed by atoms with Crippen LogP contribution in [-0.4, -0.2) is 21.0 Å². The van der Waals surface area contributed by atoms with Crippen molar-refractivity contribution in [1.29, 1.82) is 5.26 Å². The predicted molar refractivity (Wildman–Crippen MR) is 72.3 cm³/mol. The third-order valence-electron chi connectivity index (χ3n) is 2.09. The van der Waals surface area contributed by atoms with Crippen LogP contribution in [0, 0.1) is 11.3 Å². The summed E-state index contributed by atoms with van der Waals surface area (Å²) in [6.07, 6.45) is 0. The number of nitrogens with two attached hydrogens (primary N) is 1. The fourth-order valence-electron chi connectivity index (χ4n) is 1.21. The maximum absolute atomic E-state index is 12.0. The highest BCUT2D eigenvalue weighted by Crippen LogP contribution is 2.22. The van der Waals surface area contributed by atoms with Crippen LogP contribution >= 0.6 is 24.0 Å². The van der Waals surface area contributed by atoms with Crippen molar-refractivity contribution >= 4 is 34.0 Å². The summed E-state index contributed by atoms with van der Waals surface area (Å²) in [5.74, 6) is 0. The number of hydrogen-bond donors (Lipinski definition) is 2. The Morgan fingerprint density at radius 1 is 1.56 bits per heavy atom. The second kappa shape index (κ2) is 6.92. The number of nitrogens with zero attached hydrogens (tertiary/aromatic N) is 1. The van der Waals surface area contributed by atoms with Gasteiger partial charge in [-0.25, -0.2) is 13.1 Å². The fourth-order valence-corrected chi connectivity index (χ4v) is 2.92. The monoisotopic (exact) mass is 309 g/mol. The van der Waals surface area contributed by atoms with E-state index in [9.17, 15) is 8.42 Å². The molecule has 0 bridgehead atoms. The Kier molecular flexibility index (Phi) is 6.60. The molecule has 1 aromatic carbocycles. The summed E-state index contributed by atoms with van der Waals surface area (Å²) < 4.78 is 26.3. The molecule has 8 heteroatoms. The van der Waals surface area contributed by atoms with Crippen LogP contribution in [0.15, 0.2) is 23.1 Å². The molecule has 0 spiro atoms. The standard InChI is InChI=1S/C10H12ClN3O2S.ClH/c1-7(5-12)14-17(15,16)10-4-2-3-9(11)8(10)6-13;/h2-4,7,14H,5,12H2,1H3;1H/t7-;/m0./s1. The van der Waals surface area contributed by atoms with Crippen molar-refractivity contribution in [3.05, 3.63) is 28.8 Å². The van der Waals surface area contributed by atoms with Crippen molar-refractivity contribution in [3.8, 4) is 6.07 Å². The normalized spacial score (nSPS) is 12.3. The zero-order chi connectivity index (χ0) is 13.1. The van der Waals surface area contributed by atoms with Crippen molar-refractivity contribution in [1.82, 2.24) is 4.72 Å². The van der Waals surface area contributed by atoms with E-state index in [-0.39, 0.29) is 34.4 Å². The topological polar surface area (TPSA) is 96.0 Å². The fraction of sp³-hybridized carbons (Fsp3) is 0.300. The van der Waals surface area contributed by atoms with Gasteiger partial charge in [0.1, 0.15) is 11.0 Å². The number of sulfonamides is 1. The number of nitrogens with one attached hydrogen (secondary N) is 1. The van der Waals surface area contributed by atoms with Crippen LogP contribution < -0.4 is 10.5 Å². The van der Waals surface area contributed by atoms with Crippen molar-refractivity contribution in [2.75, 3.05) is 6.54 Å². The van der Waals surface area contributed by atoms with Gasteiger partial charge < -0.3 is 5.73 Å². The van der Waals surface area contributed by atoms with E-state index in [4.69, 9.17) is 22.6 Å². The van der Waals surface area contributed by atoms with E-state index >= 15 is 0 Å². The lowest BCUT2D eigenvalue weighted by Crippen LogP contribution is -2.38. The molecule has 1 aromatic rings. The Balaban J connectivity index is 0.00000289. The van der Waals surface area contributed by atoms with Gasteiger partial charge in [0.05, 0.1) is 10.6 Å². The van der Waals surface area contributed by atoms with E-state index in [2.05, 4.69) is 4.72 Å². The minimum Gasteiger partial charge on any atom is -0.329 e. The Hall–Kier alpha value is -0.840. The van der Waals surface area contributed by atoms with Crippen LogP contribution in [0.2, 0.25) is 5.02 Å². The molecule has 1 atom stereocenters. The summed E-state index contributed by atoms with van der Waals surface area (Å²) in [6.45, 7) is 1.80. The SMILES string of the molecule is C[C@@H](CN)NS(=O)(=O)c1cccc(Cl)c1C#N.Cl. The summed E-state index contributed by atoms with van der Waals surface area (Å²) in [5, 5.41) is 9.01. The van der Waals surface area contributed by atoms with Crippen molar-refractivity contribution in [2.24, 2.45) is 5.73 Å². The molecule has 0 amide bonds. The van der Waals surface area contributed by atoms with Gasteiger partial charge in [0.2, 0.25) is 10.0 Å². The zero-order valence-corrected chi connectivity index (χ0v) is 11.9. The highest BCUT2D eigenvalue weighted by Gasteiger charge is 2.21. The minimum atomic E-state index is -3.77. The Morgan fingerprint density at radius 3 is 2.67 bits per heavy atom. The van der Waals surface area contributed by atoms with Crippen LogP contribution in [0.25, 0.3) is 0 Å². The molecule has 0 aromatic heterocycles. The van der Waals surface area contributed by atoms with Crippen LogP contribution in [0.5, 0.6) is 0 Å². The second-order valence-corrected chi connectivity index (χ2v) is 5.57. The average molecular weight is 310 g/mol. The summed E-state index contributed by atoms with van der Waals surface area (Å²) in [4.78, 5) is -0.132. The average Bonchev–Trinajstić information content (AvgIpc) is 2.28. The smallest absolute Gasteiger partial charge is 0.242 e. The van der Waals surface area contributed by atoms with Gasteiger partial charge in [-0.15, -0.1) is 12.4 Å². The van der Waals surface area contributed by atoms with E-state index in [1.165, 1.54) is 18.2 Å². The first kappa shape index (κ1) is 17.2. The van der Waals surface area contributed by atoms with Gasteiger partial charge in [-0.3, -0.25) is 0 Å². The molecule has 0 heterocycles. The van der Waals surface area contributed by atoms with Gasteiger partial charge in [0.25, 0.3) is 0 Å². The van der Waals surface area contributed by atoms with Gasteiger partial charge in [0, 0.05) is 12.6 Å². The highest BCUT2D eigenvalue weighted by molar-refractivity contribution is 7.89. The van der Waals surface area contributed by atoms with E-state index in [0.29, 0.717) is 0 Å². The molecule has 0 saturated carbocycles. The van der Waals surface area contributed by atoms with Gasteiger partial charge >= 0.3 is 0 Å². The van der Waals surface area contributed by atoms with E-state index in [1.807, 2.05) is 0 Å². The van der Waals surface area contributed by atoms with Gasteiger partial charge in [-0.1, -0.05) is 17.7 Å². The third-order valence-corrected chi connectivity index (χ3v) is 4.03. The molecule has 3 N–H and O–H groups in total. The quantitative estimate of drug-likeness (QED) is 0.875. The van der Waals surface area contributed by atoms with E-state index in [0.717, 1.165) is 0 Å². The van der Waals surface area contributed by atoms with Crippen LogP contribution in [0.3, 0.4) is 0 Å². The molecule has 0 unspecified atom stereocenters. The molecule has 0 saturated heterocycles. The van der Waals surface area contributed by atoms with Gasteiger partial charge in [-0.2, -0.15) is 5.26 Å². The van der Waals surface area contributed by atoms with Crippen LogP contribution in [0.1, 0.15) is 12.5 Å². The van der Waals surface area contributed by atoms with Gasteiger partial charge in [0.15, 0.2) is 0 Å². The second-order valence-electron chi connectivity index (χ2n) is 3.48. The first-order chi connectivity index (χ1) is 7.92. The molecular weight excluding hydrogens is 297 g/mol. The lowest BCUT2D eigenvalue weighted by Gasteiger charge is -2.13. The highest BCUT2D eigenvalue weighted by atomic mass is 35.5. The number of rotatable bonds is 4. The first-order valence-electron chi connectivity index (χ1n) is 4.83. The third kappa shape index (κ3) is 3.83. The van der Waals surface area contributed by atoms with Gasteiger partial charge in [-0.05, 0) is 19.1 Å². The van der Waals surface area contributed by atoms with Crippen molar-refractivity contribution < 1.29 is 8.42 Å². The molecule has 1 rings (SSSR count). The molecule has 100 valence electrons. The predicted octanol–water partition coefficient (Wildman–Crippen LogP) is 1.26. The molecule has 5 nitrogen and oxygen atoms in total. The Labute approximate surface area is 117 Å². The molecule has 0 radical (unpaired) electrons. The number of benzene rings is 1. The zero-order valence-electron chi connectivity index (χ0n) is 9.55. The summed E-state index contributed by atoms with van der Waals surface area (Å²) >= 11 is 5.77. The Bertz CT molecular complexity index is 555. The molecule has 0 aliphatic heterocycles.